The Hall–Kier alpha value is -1.58. The van der Waals surface area contributed by atoms with Gasteiger partial charge in [0.05, 0.1) is 12.7 Å². The van der Waals surface area contributed by atoms with Crippen LogP contribution in [0.2, 0.25) is 0 Å². The lowest BCUT2D eigenvalue weighted by atomic mass is 9.99. The minimum absolute atomic E-state index is 0.0137. The van der Waals surface area contributed by atoms with Crippen molar-refractivity contribution in [3.63, 3.8) is 0 Å². The number of ether oxygens (including phenoxy) is 1. The van der Waals surface area contributed by atoms with Crippen molar-refractivity contribution in [3.05, 3.63) is 27.1 Å². The van der Waals surface area contributed by atoms with E-state index < -0.39 is 0 Å². The number of Topliss-reactive ketones (excluding diaryl/α,β-unsaturated/α-hetero) is 1. The van der Waals surface area contributed by atoms with Gasteiger partial charge in [-0.25, -0.2) is 0 Å². The molecular weight excluding hydrogens is 256 g/mol. The van der Waals surface area contributed by atoms with Crippen LogP contribution in [0.4, 0.5) is 0 Å². The summed E-state index contributed by atoms with van der Waals surface area (Å²) in [6, 6.07) is 0. The number of carbonyl (C=O) groups excluding carboxylic acids is 1. The van der Waals surface area contributed by atoms with E-state index in [0.29, 0.717) is 29.3 Å². The predicted octanol–water partition coefficient (Wildman–Crippen LogP) is 3.20. The molecule has 0 aromatic carbocycles. The van der Waals surface area contributed by atoms with E-state index in [4.69, 9.17) is 9.15 Å². The highest BCUT2D eigenvalue weighted by Crippen LogP contribution is 2.20. The van der Waals surface area contributed by atoms with Crippen LogP contribution in [-0.4, -0.2) is 12.9 Å². The molecule has 0 saturated carbocycles. The summed E-state index contributed by atoms with van der Waals surface area (Å²) in [5.41, 5.74) is 1.15. The maximum absolute atomic E-state index is 12.0. The summed E-state index contributed by atoms with van der Waals surface area (Å²) in [4.78, 5) is 23.2. The van der Waals surface area contributed by atoms with Gasteiger partial charge in [-0.15, -0.1) is 0 Å². The van der Waals surface area contributed by atoms with Crippen LogP contribution in [0.3, 0.4) is 0 Å². The van der Waals surface area contributed by atoms with Gasteiger partial charge in [0.25, 0.3) is 5.95 Å². The lowest BCUT2D eigenvalue weighted by Gasteiger charge is -2.10. The summed E-state index contributed by atoms with van der Waals surface area (Å²) < 4.78 is 10.7. The number of hydrogen-bond acceptors (Lipinski definition) is 4. The minimum atomic E-state index is -0.0137. The number of rotatable bonds is 7. The van der Waals surface area contributed by atoms with Crippen LogP contribution < -0.4 is 10.2 Å². The molecule has 0 spiro atoms. The van der Waals surface area contributed by atoms with Gasteiger partial charge in [0.15, 0.2) is 5.43 Å². The summed E-state index contributed by atoms with van der Waals surface area (Å²) in [5, 5.41) is 0. The van der Waals surface area contributed by atoms with Crippen molar-refractivity contribution in [2.45, 2.75) is 53.4 Å². The lowest BCUT2D eigenvalue weighted by Crippen LogP contribution is -2.13. The Bertz CT molecular complexity index is 528. The van der Waals surface area contributed by atoms with Crippen LogP contribution in [0.25, 0.3) is 0 Å². The molecule has 112 valence electrons. The molecule has 4 heteroatoms. The third-order valence-electron chi connectivity index (χ3n) is 3.79. The first-order chi connectivity index (χ1) is 9.38. The average Bonchev–Trinajstić information content (AvgIpc) is 2.42. The van der Waals surface area contributed by atoms with E-state index in [0.717, 1.165) is 19.3 Å². The van der Waals surface area contributed by atoms with Gasteiger partial charge >= 0.3 is 0 Å². The van der Waals surface area contributed by atoms with Crippen molar-refractivity contribution in [1.82, 2.24) is 0 Å². The molecule has 0 radical (unpaired) electrons. The van der Waals surface area contributed by atoms with Gasteiger partial charge in [0.1, 0.15) is 11.5 Å². The largest absolute Gasteiger partial charge is 0.468 e. The van der Waals surface area contributed by atoms with E-state index in [1.165, 1.54) is 7.11 Å². The molecule has 1 atom stereocenters. The van der Waals surface area contributed by atoms with E-state index in [9.17, 15) is 9.59 Å². The maximum atomic E-state index is 12.0. The molecule has 0 saturated heterocycles. The van der Waals surface area contributed by atoms with Crippen LogP contribution in [0, 0.1) is 19.8 Å². The molecule has 0 aliphatic rings. The molecule has 1 aromatic rings. The summed E-state index contributed by atoms with van der Waals surface area (Å²) in [5.74, 6) is 1.32. The molecule has 4 nitrogen and oxygen atoms in total. The second-order valence-corrected chi connectivity index (χ2v) is 5.35. The fourth-order valence-electron chi connectivity index (χ4n) is 2.14. The number of ketones is 1. The van der Waals surface area contributed by atoms with Gasteiger partial charge in [-0.1, -0.05) is 13.3 Å². The van der Waals surface area contributed by atoms with E-state index in [1.54, 1.807) is 20.8 Å². The molecule has 0 aliphatic heterocycles. The lowest BCUT2D eigenvalue weighted by molar-refractivity contribution is -0.120. The van der Waals surface area contributed by atoms with E-state index in [2.05, 4.69) is 0 Å². The van der Waals surface area contributed by atoms with Crippen LogP contribution in [0.15, 0.2) is 9.21 Å². The summed E-state index contributed by atoms with van der Waals surface area (Å²) in [6.45, 7) is 7.06. The minimum Gasteiger partial charge on any atom is -0.468 e. The second kappa shape index (κ2) is 7.27. The Labute approximate surface area is 120 Å². The molecule has 0 unspecified atom stereocenters. The fraction of sp³-hybridized carbons (Fsp3) is 0.625. The third kappa shape index (κ3) is 3.95. The van der Waals surface area contributed by atoms with Gasteiger partial charge < -0.3 is 9.15 Å². The summed E-state index contributed by atoms with van der Waals surface area (Å²) in [6.07, 6.45) is 3.41. The number of carbonyl (C=O) groups is 1. The highest BCUT2D eigenvalue weighted by atomic mass is 16.6. The van der Waals surface area contributed by atoms with Crippen molar-refractivity contribution in [2.24, 2.45) is 5.92 Å². The molecule has 1 rings (SSSR count). The van der Waals surface area contributed by atoms with Crippen LogP contribution in [0.1, 0.15) is 50.0 Å². The Morgan fingerprint density at radius 1 is 1.25 bits per heavy atom. The maximum Gasteiger partial charge on any atom is 0.291 e. The third-order valence-corrected chi connectivity index (χ3v) is 3.79. The molecule has 20 heavy (non-hydrogen) atoms. The zero-order valence-electron chi connectivity index (χ0n) is 13.0. The topological polar surface area (TPSA) is 56.5 Å². The second-order valence-electron chi connectivity index (χ2n) is 5.35. The first kappa shape index (κ1) is 16.5. The molecule has 0 N–H and O–H groups in total. The Morgan fingerprint density at radius 3 is 2.45 bits per heavy atom. The number of aryl methyl sites for hydroxylation is 1. The molecular formula is C16H24O4. The van der Waals surface area contributed by atoms with Crippen LogP contribution >= 0.6 is 0 Å². The fourth-order valence-corrected chi connectivity index (χ4v) is 2.14. The SMILES string of the molecule is COc1oc(CCCC[C@H](C)C(C)=O)c(C)c(=O)c1C. The number of hydrogen-bond donors (Lipinski definition) is 0. The molecule has 0 amide bonds. The van der Waals surface area contributed by atoms with E-state index in [1.807, 2.05) is 6.92 Å². The molecule has 1 heterocycles. The number of unbranched alkanes of at least 4 members (excludes halogenated alkanes) is 1. The highest BCUT2D eigenvalue weighted by Gasteiger charge is 2.14. The van der Waals surface area contributed by atoms with Crippen LogP contribution in [0.5, 0.6) is 5.95 Å². The van der Waals surface area contributed by atoms with Gasteiger partial charge in [-0.05, 0) is 33.6 Å². The molecule has 1 aromatic heterocycles. The van der Waals surface area contributed by atoms with E-state index in [-0.39, 0.29) is 17.1 Å². The normalized spacial score (nSPS) is 12.2. The predicted molar refractivity (Wildman–Crippen MR) is 78.4 cm³/mol. The van der Waals surface area contributed by atoms with Crippen molar-refractivity contribution in [1.29, 1.82) is 0 Å². The van der Waals surface area contributed by atoms with Gasteiger partial charge in [0, 0.05) is 17.9 Å². The van der Waals surface area contributed by atoms with Gasteiger partial charge in [0.2, 0.25) is 0 Å². The monoisotopic (exact) mass is 280 g/mol. The Kier molecular flexibility index (Phi) is 5.99. The zero-order chi connectivity index (χ0) is 15.3. The zero-order valence-corrected chi connectivity index (χ0v) is 13.0. The average molecular weight is 280 g/mol. The van der Waals surface area contributed by atoms with Crippen molar-refractivity contribution >= 4 is 5.78 Å². The number of methoxy groups -OCH3 is 1. The first-order valence-electron chi connectivity index (χ1n) is 7.06. The highest BCUT2D eigenvalue weighted by molar-refractivity contribution is 5.77. The molecule has 0 aliphatic carbocycles. The molecule has 0 fully saturated rings. The quantitative estimate of drug-likeness (QED) is 0.720. The van der Waals surface area contributed by atoms with Gasteiger partial charge in [-0.2, -0.15) is 0 Å². The van der Waals surface area contributed by atoms with Crippen molar-refractivity contribution in [3.8, 4) is 5.95 Å². The molecule has 0 bridgehead atoms. The smallest absolute Gasteiger partial charge is 0.291 e. The van der Waals surface area contributed by atoms with Crippen LogP contribution in [-0.2, 0) is 11.2 Å². The summed E-state index contributed by atoms with van der Waals surface area (Å²) in [7, 11) is 1.50. The Morgan fingerprint density at radius 2 is 1.90 bits per heavy atom. The standard InChI is InChI=1S/C16H24O4/c1-10(13(4)17)8-6-7-9-14-11(2)15(18)12(3)16(19-5)20-14/h10H,6-9H2,1-5H3/t10-/m0/s1. The first-order valence-corrected chi connectivity index (χ1v) is 7.06. The summed E-state index contributed by atoms with van der Waals surface area (Å²) >= 11 is 0. The van der Waals surface area contributed by atoms with Gasteiger partial charge in [-0.3, -0.25) is 9.59 Å². The Balaban J connectivity index is 2.67. The van der Waals surface area contributed by atoms with Crippen molar-refractivity contribution < 1.29 is 13.9 Å². The van der Waals surface area contributed by atoms with Crippen molar-refractivity contribution in [2.75, 3.05) is 7.11 Å². The van der Waals surface area contributed by atoms with E-state index >= 15 is 0 Å².